The van der Waals surface area contributed by atoms with Crippen LogP contribution in [-0.2, 0) is 0 Å². The van der Waals surface area contributed by atoms with Gasteiger partial charge in [-0.15, -0.1) is 0 Å². The van der Waals surface area contributed by atoms with Crippen LogP contribution in [0, 0.1) is 6.92 Å². The van der Waals surface area contributed by atoms with Crippen LogP contribution in [0.3, 0.4) is 0 Å². The largest absolute Gasteiger partial charge is 0.492 e. The van der Waals surface area contributed by atoms with Crippen molar-refractivity contribution >= 4 is 15.9 Å². The van der Waals surface area contributed by atoms with Crippen LogP contribution in [0.5, 0.6) is 5.88 Å². The molecule has 1 heterocycles. The normalized spacial score (nSPS) is 9.56. The molecule has 9 heavy (non-hydrogen) atoms. The molecule has 0 atom stereocenters. The average molecular weight is 189 g/mol. The van der Waals surface area contributed by atoms with Gasteiger partial charge in [0, 0.05) is 0 Å². The predicted molar refractivity (Wildman–Crippen MR) is 36.1 cm³/mol. The number of aromatic nitrogens is 2. The van der Waals surface area contributed by atoms with E-state index in [0.29, 0.717) is 10.3 Å². The van der Waals surface area contributed by atoms with Gasteiger partial charge in [0.15, 0.2) is 0 Å². The highest BCUT2D eigenvalue weighted by molar-refractivity contribution is 9.10. The predicted octanol–water partition coefficient (Wildman–Crippen LogP) is 1.25. The highest BCUT2D eigenvalue weighted by Crippen LogP contribution is 2.11. The molecular formula is C5H5BrN2O. The Balaban J connectivity index is 3.17. The van der Waals surface area contributed by atoms with E-state index in [1.54, 1.807) is 6.92 Å². The van der Waals surface area contributed by atoms with Crippen molar-refractivity contribution in [3.05, 3.63) is 16.5 Å². The molecule has 0 aliphatic heterocycles. The topological polar surface area (TPSA) is 46.0 Å². The molecule has 0 aliphatic rings. The van der Waals surface area contributed by atoms with Crippen molar-refractivity contribution in [2.24, 2.45) is 0 Å². The maximum absolute atomic E-state index is 8.74. The van der Waals surface area contributed by atoms with Crippen molar-refractivity contribution in [1.82, 2.24) is 9.97 Å². The SMILES string of the molecule is Cc1nc(O)cnc1Br. The molecule has 1 N–H and O–H groups in total. The molecule has 0 fully saturated rings. The number of hydrogen-bond acceptors (Lipinski definition) is 3. The number of rotatable bonds is 0. The summed E-state index contributed by atoms with van der Waals surface area (Å²) < 4.78 is 0.667. The molecule has 0 spiro atoms. The molecule has 0 saturated carbocycles. The van der Waals surface area contributed by atoms with E-state index in [0.717, 1.165) is 0 Å². The first-order valence-electron chi connectivity index (χ1n) is 2.38. The molecule has 0 bridgehead atoms. The van der Waals surface area contributed by atoms with Crippen LogP contribution < -0.4 is 0 Å². The van der Waals surface area contributed by atoms with Gasteiger partial charge < -0.3 is 5.11 Å². The molecule has 0 unspecified atom stereocenters. The highest BCUT2D eigenvalue weighted by Gasteiger charge is 1.95. The number of aryl methyl sites for hydroxylation is 1. The maximum atomic E-state index is 8.74. The minimum atomic E-state index is -0.0456. The van der Waals surface area contributed by atoms with Crippen LogP contribution in [-0.4, -0.2) is 15.1 Å². The molecule has 1 aromatic heterocycles. The Morgan fingerprint density at radius 2 is 2.33 bits per heavy atom. The van der Waals surface area contributed by atoms with Crippen LogP contribution in [0.25, 0.3) is 0 Å². The molecule has 1 rings (SSSR count). The van der Waals surface area contributed by atoms with Crippen LogP contribution in [0.15, 0.2) is 10.8 Å². The zero-order chi connectivity index (χ0) is 6.85. The van der Waals surface area contributed by atoms with E-state index in [9.17, 15) is 0 Å². The summed E-state index contributed by atoms with van der Waals surface area (Å²) in [5.74, 6) is -0.0456. The number of aromatic hydroxyl groups is 1. The third kappa shape index (κ3) is 1.38. The molecule has 0 aromatic carbocycles. The second-order valence-electron chi connectivity index (χ2n) is 1.60. The summed E-state index contributed by atoms with van der Waals surface area (Å²) >= 11 is 3.14. The summed E-state index contributed by atoms with van der Waals surface area (Å²) in [5, 5.41) is 8.74. The van der Waals surface area contributed by atoms with Crippen molar-refractivity contribution in [1.29, 1.82) is 0 Å². The van der Waals surface area contributed by atoms with Gasteiger partial charge in [-0.25, -0.2) is 9.97 Å². The van der Waals surface area contributed by atoms with Gasteiger partial charge in [0.1, 0.15) is 4.60 Å². The van der Waals surface area contributed by atoms with Crippen molar-refractivity contribution in [3.8, 4) is 5.88 Å². The van der Waals surface area contributed by atoms with Crippen LogP contribution in [0.4, 0.5) is 0 Å². The summed E-state index contributed by atoms with van der Waals surface area (Å²) in [7, 11) is 0. The van der Waals surface area contributed by atoms with Crippen LogP contribution >= 0.6 is 15.9 Å². The van der Waals surface area contributed by atoms with Gasteiger partial charge in [0.2, 0.25) is 5.88 Å². The molecular weight excluding hydrogens is 184 g/mol. The zero-order valence-electron chi connectivity index (χ0n) is 4.80. The first-order chi connectivity index (χ1) is 4.20. The van der Waals surface area contributed by atoms with Crippen molar-refractivity contribution in [2.45, 2.75) is 6.92 Å². The van der Waals surface area contributed by atoms with Gasteiger partial charge in [0.25, 0.3) is 0 Å². The zero-order valence-corrected chi connectivity index (χ0v) is 6.38. The second-order valence-corrected chi connectivity index (χ2v) is 2.36. The Morgan fingerprint density at radius 1 is 1.67 bits per heavy atom. The van der Waals surface area contributed by atoms with E-state index in [1.807, 2.05) is 0 Å². The molecule has 48 valence electrons. The highest BCUT2D eigenvalue weighted by atomic mass is 79.9. The van der Waals surface area contributed by atoms with E-state index in [1.165, 1.54) is 6.20 Å². The fourth-order valence-electron chi connectivity index (χ4n) is 0.455. The van der Waals surface area contributed by atoms with Gasteiger partial charge in [0.05, 0.1) is 11.9 Å². The van der Waals surface area contributed by atoms with E-state index < -0.39 is 0 Å². The molecule has 1 aromatic rings. The Morgan fingerprint density at radius 3 is 2.78 bits per heavy atom. The molecule has 0 radical (unpaired) electrons. The summed E-state index contributed by atoms with van der Waals surface area (Å²) in [6.45, 7) is 1.76. The fraction of sp³-hybridized carbons (Fsp3) is 0.200. The van der Waals surface area contributed by atoms with Crippen LogP contribution in [0.2, 0.25) is 0 Å². The van der Waals surface area contributed by atoms with Gasteiger partial charge in [-0.2, -0.15) is 0 Å². The summed E-state index contributed by atoms with van der Waals surface area (Å²) in [4.78, 5) is 7.50. The van der Waals surface area contributed by atoms with Gasteiger partial charge >= 0.3 is 0 Å². The first kappa shape index (κ1) is 6.48. The maximum Gasteiger partial charge on any atom is 0.230 e. The van der Waals surface area contributed by atoms with Gasteiger partial charge in [-0.05, 0) is 22.9 Å². The molecule has 0 aliphatic carbocycles. The Kier molecular flexibility index (Phi) is 1.66. The fourth-order valence-corrected chi connectivity index (χ4v) is 0.646. The minimum absolute atomic E-state index is 0.0456. The average Bonchev–Trinajstić information content (AvgIpc) is 1.80. The first-order valence-corrected chi connectivity index (χ1v) is 3.17. The van der Waals surface area contributed by atoms with Crippen molar-refractivity contribution < 1.29 is 5.11 Å². The van der Waals surface area contributed by atoms with E-state index in [2.05, 4.69) is 25.9 Å². The Hall–Kier alpha value is -0.640. The quantitative estimate of drug-likeness (QED) is 0.667. The summed E-state index contributed by atoms with van der Waals surface area (Å²) in [6, 6.07) is 0. The number of halogens is 1. The lowest BCUT2D eigenvalue weighted by Crippen LogP contribution is -1.85. The van der Waals surface area contributed by atoms with E-state index in [4.69, 9.17) is 5.11 Å². The second kappa shape index (κ2) is 2.31. The van der Waals surface area contributed by atoms with Gasteiger partial charge in [-0.3, -0.25) is 0 Å². The standard InChI is InChI=1S/C5H5BrN2O/c1-3-5(6)7-2-4(9)8-3/h2H,1H3,(H,8,9). The van der Waals surface area contributed by atoms with Crippen LogP contribution in [0.1, 0.15) is 5.69 Å². The Labute approximate surface area is 60.9 Å². The third-order valence-electron chi connectivity index (χ3n) is 0.874. The monoisotopic (exact) mass is 188 g/mol. The summed E-state index contributed by atoms with van der Waals surface area (Å²) in [6.07, 6.45) is 1.29. The lowest BCUT2D eigenvalue weighted by atomic mass is 10.5. The van der Waals surface area contributed by atoms with Crippen molar-refractivity contribution in [3.63, 3.8) is 0 Å². The van der Waals surface area contributed by atoms with Crippen molar-refractivity contribution in [2.75, 3.05) is 0 Å². The number of nitrogens with zero attached hydrogens (tertiary/aromatic N) is 2. The number of hydrogen-bond donors (Lipinski definition) is 1. The third-order valence-corrected chi connectivity index (χ3v) is 1.65. The lowest BCUT2D eigenvalue weighted by molar-refractivity contribution is 0.448. The molecule has 0 amide bonds. The smallest absolute Gasteiger partial charge is 0.230 e. The molecule has 3 nitrogen and oxygen atoms in total. The Bertz CT molecular complexity index is 226. The minimum Gasteiger partial charge on any atom is -0.492 e. The van der Waals surface area contributed by atoms with Gasteiger partial charge in [-0.1, -0.05) is 0 Å². The van der Waals surface area contributed by atoms with E-state index >= 15 is 0 Å². The summed E-state index contributed by atoms with van der Waals surface area (Å²) in [5.41, 5.74) is 0.690. The molecule has 0 saturated heterocycles. The lowest BCUT2D eigenvalue weighted by Gasteiger charge is -1.93. The van der Waals surface area contributed by atoms with E-state index in [-0.39, 0.29) is 5.88 Å². The molecule has 4 heteroatoms.